The van der Waals surface area contributed by atoms with E-state index in [4.69, 9.17) is 0 Å². The summed E-state index contributed by atoms with van der Waals surface area (Å²) in [6, 6.07) is 0.340. The first-order valence-corrected chi connectivity index (χ1v) is 6.97. The van der Waals surface area contributed by atoms with Gasteiger partial charge in [0.15, 0.2) is 5.65 Å². The molecule has 106 valence electrons. The van der Waals surface area contributed by atoms with Crippen molar-refractivity contribution >= 4 is 22.7 Å². The molecule has 2 aromatic heterocycles. The molecule has 0 aromatic carbocycles. The van der Waals surface area contributed by atoms with Crippen molar-refractivity contribution in [3.8, 4) is 0 Å². The maximum absolute atomic E-state index is 11.4. The van der Waals surface area contributed by atoms with Crippen molar-refractivity contribution < 1.29 is 9.90 Å². The first-order valence-electron chi connectivity index (χ1n) is 6.97. The largest absolute Gasteiger partial charge is 0.478 e. The lowest BCUT2D eigenvalue weighted by Gasteiger charge is -2.24. The Morgan fingerprint density at radius 1 is 1.35 bits per heavy atom. The van der Waals surface area contributed by atoms with Gasteiger partial charge in [-0.2, -0.15) is 5.10 Å². The van der Waals surface area contributed by atoms with E-state index < -0.39 is 5.97 Å². The average Bonchev–Trinajstić information content (AvgIpc) is 2.82. The Hall–Kier alpha value is -2.11. The van der Waals surface area contributed by atoms with Gasteiger partial charge < -0.3 is 10.4 Å². The van der Waals surface area contributed by atoms with Crippen molar-refractivity contribution in [1.82, 2.24) is 14.8 Å². The molecule has 6 nitrogen and oxygen atoms in total. The molecule has 0 spiro atoms. The molecule has 0 saturated heterocycles. The fraction of sp³-hybridized carbons (Fsp3) is 0.500. The van der Waals surface area contributed by atoms with Crippen LogP contribution in [0.1, 0.15) is 42.5 Å². The van der Waals surface area contributed by atoms with Gasteiger partial charge in [-0.15, -0.1) is 0 Å². The summed E-state index contributed by atoms with van der Waals surface area (Å²) in [5.41, 5.74) is 1.58. The van der Waals surface area contributed by atoms with E-state index in [0.29, 0.717) is 17.4 Å². The van der Waals surface area contributed by atoms with E-state index in [1.54, 1.807) is 17.9 Å². The van der Waals surface area contributed by atoms with Gasteiger partial charge >= 0.3 is 5.97 Å². The monoisotopic (exact) mass is 274 g/mol. The topological polar surface area (TPSA) is 80.0 Å². The highest BCUT2D eigenvalue weighted by molar-refractivity contribution is 6.03. The van der Waals surface area contributed by atoms with Gasteiger partial charge in [0.25, 0.3) is 0 Å². The molecule has 2 aromatic rings. The Balaban J connectivity index is 2.04. The fourth-order valence-corrected chi connectivity index (χ4v) is 2.86. The highest BCUT2D eigenvalue weighted by Gasteiger charge is 2.20. The molecule has 0 aliphatic heterocycles. The molecule has 6 heteroatoms. The van der Waals surface area contributed by atoms with Crippen molar-refractivity contribution in [1.29, 1.82) is 0 Å². The number of anilines is 1. The fourth-order valence-electron chi connectivity index (χ4n) is 2.86. The number of rotatable bonds is 3. The Labute approximate surface area is 116 Å². The Kier molecular flexibility index (Phi) is 3.30. The summed E-state index contributed by atoms with van der Waals surface area (Å²) in [6.45, 7) is 0. The standard InChI is InChI=1S/C14H18N4O2/c1-18-13-10(8-16-18)12(11(7-15-13)14(19)20)17-9-5-3-2-4-6-9/h7-9H,2-6H2,1H3,(H,15,17)(H,19,20). The minimum absolute atomic E-state index is 0.219. The minimum Gasteiger partial charge on any atom is -0.478 e. The SMILES string of the molecule is Cn1ncc2c(NC3CCCCC3)c(C(=O)O)cnc21. The summed E-state index contributed by atoms with van der Waals surface area (Å²) >= 11 is 0. The molecule has 1 fully saturated rings. The zero-order valence-electron chi connectivity index (χ0n) is 11.5. The molecule has 2 N–H and O–H groups in total. The Morgan fingerprint density at radius 3 is 2.80 bits per heavy atom. The van der Waals surface area contributed by atoms with Gasteiger partial charge in [0, 0.05) is 19.3 Å². The summed E-state index contributed by atoms with van der Waals surface area (Å²) < 4.78 is 1.66. The van der Waals surface area contributed by atoms with Gasteiger partial charge in [0.05, 0.1) is 17.3 Å². The Morgan fingerprint density at radius 2 is 2.10 bits per heavy atom. The van der Waals surface area contributed by atoms with E-state index in [-0.39, 0.29) is 5.56 Å². The number of nitrogens with one attached hydrogen (secondary N) is 1. The van der Waals surface area contributed by atoms with Crippen molar-refractivity contribution in [2.24, 2.45) is 7.05 Å². The van der Waals surface area contributed by atoms with Crippen LogP contribution in [0.15, 0.2) is 12.4 Å². The smallest absolute Gasteiger partial charge is 0.339 e. The van der Waals surface area contributed by atoms with Gasteiger partial charge in [0.1, 0.15) is 5.56 Å². The number of hydrogen-bond acceptors (Lipinski definition) is 4. The lowest BCUT2D eigenvalue weighted by Crippen LogP contribution is -2.23. The molecule has 1 aliphatic rings. The summed E-state index contributed by atoms with van der Waals surface area (Å²) in [4.78, 5) is 15.6. The van der Waals surface area contributed by atoms with Crippen LogP contribution in [0, 0.1) is 0 Å². The van der Waals surface area contributed by atoms with Crippen LogP contribution in [0.25, 0.3) is 11.0 Å². The highest BCUT2D eigenvalue weighted by Crippen LogP contribution is 2.29. The average molecular weight is 274 g/mol. The van der Waals surface area contributed by atoms with E-state index in [9.17, 15) is 9.90 Å². The molecule has 20 heavy (non-hydrogen) atoms. The van der Waals surface area contributed by atoms with E-state index in [0.717, 1.165) is 18.2 Å². The second-order valence-electron chi connectivity index (χ2n) is 5.34. The second kappa shape index (κ2) is 5.11. The number of carboxylic acids is 1. The van der Waals surface area contributed by atoms with Crippen molar-refractivity contribution in [2.45, 2.75) is 38.1 Å². The predicted octanol–water partition coefficient (Wildman–Crippen LogP) is 2.41. The molecular formula is C14H18N4O2. The van der Waals surface area contributed by atoms with Crippen molar-refractivity contribution in [3.63, 3.8) is 0 Å². The maximum Gasteiger partial charge on any atom is 0.339 e. The number of nitrogens with zero attached hydrogens (tertiary/aromatic N) is 3. The van der Waals surface area contributed by atoms with Crippen molar-refractivity contribution in [2.75, 3.05) is 5.32 Å². The third kappa shape index (κ3) is 2.21. The molecule has 0 unspecified atom stereocenters. The molecule has 2 heterocycles. The number of pyridine rings is 1. The van der Waals surface area contributed by atoms with Crippen LogP contribution < -0.4 is 5.32 Å². The normalized spacial score (nSPS) is 16.4. The first-order chi connectivity index (χ1) is 9.66. The van der Waals surface area contributed by atoms with Crippen LogP contribution in [0.2, 0.25) is 0 Å². The molecule has 1 saturated carbocycles. The van der Waals surface area contributed by atoms with Crippen LogP contribution in [-0.2, 0) is 7.05 Å². The summed E-state index contributed by atoms with van der Waals surface area (Å²) in [5, 5.41) is 17.7. The van der Waals surface area contributed by atoms with Crippen LogP contribution in [0.4, 0.5) is 5.69 Å². The third-order valence-electron chi connectivity index (χ3n) is 3.95. The van der Waals surface area contributed by atoms with Crippen LogP contribution in [0.5, 0.6) is 0 Å². The number of aryl methyl sites for hydroxylation is 1. The van der Waals surface area contributed by atoms with Crippen molar-refractivity contribution in [3.05, 3.63) is 18.0 Å². The molecule has 0 bridgehead atoms. The molecule has 3 rings (SSSR count). The van der Waals surface area contributed by atoms with Gasteiger partial charge in [-0.1, -0.05) is 19.3 Å². The van der Waals surface area contributed by atoms with E-state index in [1.165, 1.54) is 25.5 Å². The molecule has 1 aliphatic carbocycles. The zero-order valence-corrected chi connectivity index (χ0v) is 11.5. The molecule has 0 atom stereocenters. The van der Waals surface area contributed by atoms with Gasteiger partial charge in [-0.05, 0) is 12.8 Å². The van der Waals surface area contributed by atoms with Gasteiger partial charge in [-0.3, -0.25) is 4.68 Å². The number of carbonyl (C=O) groups is 1. The Bertz CT molecular complexity index is 644. The first kappa shape index (κ1) is 12.9. The lowest BCUT2D eigenvalue weighted by molar-refractivity contribution is 0.0697. The van der Waals surface area contributed by atoms with E-state index >= 15 is 0 Å². The predicted molar refractivity (Wildman–Crippen MR) is 76.0 cm³/mol. The van der Waals surface area contributed by atoms with E-state index in [1.807, 2.05) is 0 Å². The van der Waals surface area contributed by atoms with Crippen LogP contribution >= 0.6 is 0 Å². The second-order valence-corrected chi connectivity index (χ2v) is 5.34. The number of fused-ring (bicyclic) bond motifs is 1. The minimum atomic E-state index is -0.957. The quantitative estimate of drug-likeness (QED) is 0.898. The lowest BCUT2D eigenvalue weighted by atomic mass is 9.95. The molecule has 0 radical (unpaired) electrons. The van der Waals surface area contributed by atoms with Crippen LogP contribution in [0.3, 0.4) is 0 Å². The number of hydrogen-bond donors (Lipinski definition) is 2. The maximum atomic E-state index is 11.4. The summed E-state index contributed by atoms with van der Waals surface area (Å²) in [5.74, 6) is -0.957. The van der Waals surface area contributed by atoms with Gasteiger partial charge in [-0.25, -0.2) is 9.78 Å². The van der Waals surface area contributed by atoms with Crippen LogP contribution in [-0.4, -0.2) is 31.9 Å². The highest BCUT2D eigenvalue weighted by atomic mass is 16.4. The number of aromatic nitrogens is 3. The summed E-state index contributed by atoms with van der Waals surface area (Å²) in [6.07, 6.45) is 8.93. The third-order valence-corrected chi connectivity index (χ3v) is 3.95. The van der Waals surface area contributed by atoms with Gasteiger partial charge in [0.2, 0.25) is 0 Å². The zero-order chi connectivity index (χ0) is 14.1. The van der Waals surface area contributed by atoms with E-state index in [2.05, 4.69) is 15.4 Å². The molecular weight excluding hydrogens is 256 g/mol. The number of aromatic carboxylic acids is 1. The summed E-state index contributed by atoms with van der Waals surface area (Å²) in [7, 11) is 1.81. The molecule has 0 amide bonds. The number of carboxylic acid groups (broad SMARTS) is 1.